The van der Waals surface area contributed by atoms with Crippen LogP contribution in [-0.2, 0) is 28.2 Å². The molecule has 278 valence electrons. The fraction of sp³-hybridized carbons (Fsp3) is 0.895. The third kappa shape index (κ3) is 37.5. The molecule has 0 aromatic carbocycles. The van der Waals surface area contributed by atoms with E-state index in [1.807, 2.05) is 0 Å². The molecule has 0 aromatic heterocycles. The van der Waals surface area contributed by atoms with E-state index in [9.17, 15) is 14.2 Å². The normalized spacial score (nSPS) is 12.5. The van der Waals surface area contributed by atoms with Gasteiger partial charge in [-0.1, -0.05) is 161 Å². The molecule has 0 amide bonds. The summed E-state index contributed by atoms with van der Waals surface area (Å²) in [5, 5.41) is 0. The topological polar surface area (TPSA) is 119 Å². The number of hydrogen-bond donors (Lipinski definition) is 2. The smallest absolute Gasteiger partial charge is 0.462 e. The van der Waals surface area contributed by atoms with Gasteiger partial charge in [-0.3, -0.25) is 14.1 Å². The molecule has 0 aromatic rings. The fourth-order valence-corrected chi connectivity index (χ4v) is 5.96. The van der Waals surface area contributed by atoms with Gasteiger partial charge in [0.25, 0.3) is 0 Å². The molecular formula is C38H73O8P. The molecule has 0 spiro atoms. The maximum Gasteiger partial charge on any atom is 0.469 e. The summed E-state index contributed by atoms with van der Waals surface area (Å²) in [5.74, 6) is -0.886. The second kappa shape index (κ2) is 34.6. The molecular weight excluding hydrogens is 615 g/mol. The van der Waals surface area contributed by atoms with Crippen molar-refractivity contribution in [1.29, 1.82) is 0 Å². The Hall–Kier alpha value is -1.21. The lowest BCUT2D eigenvalue weighted by molar-refractivity contribution is -0.161. The molecule has 0 aliphatic rings. The zero-order valence-electron chi connectivity index (χ0n) is 30.4. The van der Waals surface area contributed by atoms with Crippen molar-refractivity contribution in [3.63, 3.8) is 0 Å². The Kier molecular flexibility index (Phi) is 33.8. The molecule has 1 unspecified atom stereocenters. The molecule has 8 nitrogen and oxygen atoms in total. The number of esters is 2. The number of unbranched alkanes of at least 4 members (excludes halogenated alkanes) is 24. The Balaban J connectivity index is 3.94. The first kappa shape index (κ1) is 45.8. The summed E-state index contributed by atoms with van der Waals surface area (Å²) in [4.78, 5) is 42.7. The molecule has 47 heavy (non-hydrogen) atoms. The highest BCUT2D eigenvalue weighted by Gasteiger charge is 2.22. The first-order chi connectivity index (χ1) is 22.8. The monoisotopic (exact) mass is 689 g/mol. The van der Waals surface area contributed by atoms with Crippen molar-refractivity contribution in [3.05, 3.63) is 12.2 Å². The summed E-state index contributed by atoms with van der Waals surface area (Å²) >= 11 is 0. The van der Waals surface area contributed by atoms with Crippen molar-refractivity contribution in [2.75, 3.05) is 13.2 Å². The molecule has 2 N–H and O–H groups in total. The van der Waals surface area contributed by atoms with Crippen LogP contribution in [0.4, 0.5) is 0 Å². The number of phosphoric acid groups is 1. The van der Waals surface area contributed by atoms with E-state index in [0.29, 0.717) is 6.42 Å². The van der Waals surface area contributed by atoms with Gasteiger partial charge in [-0.2, -0.15) is 0 Å². The van der Waals surface area contributed by atoms with Gasteiger partial charge in [-0.05, 0) is 38.5 Å². The van der Waals surface area contributed by atoms with Crippen LogP contribution >= 0.6 is 7.82 Å². The van der Waals surface area contributed by atoms with Gasteiger partial charge in [-0.25, -0.2) is 4.57 Å². The second-order valence-corrected chi connectivity index (χ2v) is 14.5. The number of ether oxygens (including phenoxy) is 2. The number of phosphoric ester groups is 1. The summed E-state index contributed by atoms with van der Waals surface area (Å²) in [5.41, 5.74) is 0. The summed E-state index contributed by atoms with van der Waals surface area (Å²) in [7, 11) is -4.75. The molecule has 0 aliphatic heterocycles. The van der Waals surface area contributed by atoms with E-state index in [0.717, 1.165) is 51.4 Å². The van der Waals surface area contributed by atoms with Gasteiger partial charge in [0.05, 0.1) is 6.61 Å². The van der Waals surface area contributed by atoms with E-state index >= 15 is 0 Å². The maximum absolute atomic E-state index is 12.4. The van der Waals surface area contributed by atoms with E-state index in [2.05, 4.69) is 30.5 Å². The lowest BCUT2D eigenvalue weighted by atomic mass is 10.0. The number of allylic oxidation sites excluding steroid dienone is 2. The van der Waals surface area contributed by atoms with E-state index in [-0.39, 0.29) is 19.4 Å². The molecule has 0 fully saturated rings. The predicted octanol–water partition coefficient (Wildman–Crippen LogP) is 11.5. The minimum absolute atomic E-state index is 0.206. The van der Waals surface area contributed by atoms with Gasteiger partial charge in [0, 0.05) is 12.8 Å². The van der Waals surface area contributed by atoms with Crippen LogP contribution < -0.4 is 0 Å². The predicted molar refractivity (Wildman–Crippen MR) is 193 cm³/mol. The Labute approximate surface area is 288 Å². The van der Waals surface area contributed by atoms with Crippen molar-refractivity contribution >= 4 is 19.8 Å². The zero-order chi connectivity index (χ0) is 34.7. The van der Waals surface area contributed by atoms with E-state index in [1.54, 1.807) is 0 Å². The van der Waals surface area contributed by atoms with Crippen LogP contribution in [0.1, 0.15) is 200 Å². The Morgan fingerprint density at radius 2 is 0.894 bits per heavy atom. The lowest BCUT2D eigenvalue weighted by Crippen LogP contribution is -2.29. The summed E-state index contributed by atoms with van der Waals surface area (Å²) in [6.07, 6.45) is 36.4. The van der Waals surface area contributed by atoms with Gasteiger partial charge < -0.3 is 19.3 Å². The van der Waals surface area contributed by atoms with Crippen LogP contribution in [0.3, 0.4) is 0 Å². The fourth-order valence-electron chi connectivity index (χ4n) is 5.60. The lowest BCUT2D eigenvalue weighted by Gasteiger charge is -2.18. The minimum atomic E-state index is -4.75. The number of hydrogen-bond acceptors (Lipinski definition) is 6. The zero-order valence-corrected chi connectivity index (χ0v) is 31.3. The van der Waals surface area contributed by atoms with Gasteiger partial charge in [0.2, 0.25) is 0 Å². The quantitative estimate of drug-likeness (QED) is 0.0289. The number of rotatable bonds is 36. The highest BCUT2D eigenvalue weighted by Crippen LogP contribution is 2.36. The van der Waals surface area contributed by atoms with Crippen LogP contribution in [-0.4, -0.2) is 41.0 Å². The number of carbonyl (C=O) groups is 2. The van der Waals surface area contributed by atoms with Gasteiger partial charge in [0.1, 0.15) is 6.61 Å². The first-order valence-electron chi connectivity index (χ1n) is 19.5. The van der Waals surface area contributed by atoms with E-state index in [1.165, 1.54) is 116 Å². The van der Waals surface area contributed by atoms with Crippen molar-refractivity contribution in [2.24, 2.45) is 0 Å². The van der Waals surface area contributed by atoms with Crippen LogP contribution in [0, 0.1) is 0 Å². The molecule has 0 saturated carbocycles. The van der Waals surface area contributed by atoms with Crippen LogP contribution in [0.25, 0.3) is 0 Å². The van der Waals surface area contributed by atoms with Crippen molar-refractivity contribution < 1.29 is 37.9 Å². The third-order valence-electron chi connectivity index (χ3n) is 8.53. The Bertz CT molecular complexity index is 782. The van der Waals surface area contributed by atoms with Gasteiger partial charge in [0.15, 0.2) is 6.10 Å². The Morgan fingerprint density at radius 1 is 0.532 bits per heavy atom. The van der Waals surface area contributed by atoms with Crippen molar-refractivity contribution in [1.82, 2.24) is 0 Å². The molecule has 0 bridgehead atoms. The second-order valence-electron chi connectivity index (χ2n) is 13.3. The van der Waals surface area contributed by atoms with Crippen molar-refractivity contribution in [2.45, 2.75) is 206 Å². The van der Waals surface area contributed by atoms with E-state index in [4.69, 9.17) is 19.3 Å². The third-order valence-corrected chi connectivity index (χ3v) is 9.02. The highest BCUT2D eigenvalue weighted by atomic mass is 31.2. The van der Waals surface area contributed by atoms with Crippen molar-refractivity contribution in [3.8, 4) is 0 Å². The summed E-state index contributed by atoms with van der Waals surface area (Å²) < 4.78 is 26.3. The average molecular weight is 689 g/mol. The molecule has 0 rings (SSSR count). The minimum Gasteiger partial charge on any atom is -0.462 e. The van der Waals surface area contributed by atoms with E-state index < -0.39 is 32.5 Å². The molecule has 0 aliphatic carbocycles. The molecule has 9 heteroatoms. The van der Waals surface area contributed by atoms with Gasteiger partial charge in [-0.15, -0.1) is 0 Å². The Morgan fingerprint density at radius 3 is 1.30 bits per heavy atom. The standard InChI is InChI=1S/C38H73O8P/c1-3-5-7-9-11-13-15-17-19-21-23-25-27-29-31-33-38(40)46-36(35-45-47(41,42)43)34-44-37(39)32-30-28-26-24-22-20-18-16-14-12-10-8-6-4-2/h17,19,36H,3-16,18,20-35H2,1-2H3,(H2,41,42,43)/b19-17-. The summed E-state index contributed by atoms with van der Waals surface area (Å²) in [6.45, 7) is 3.68. The molecule has 0 radical (unpaired) electrons. The van der Waals surface area contributed by atoms with Crippen LogP contribution in [0.2, 0.25) is 0 Å². The molecule has 0 heterocycles. The largest absolute Gasteiger partial charge is 0.469 e. The molecule has 1 atom stereocenters. The summed E-state index contributed by atoms with van der Waals surface area (Å²) in [6, 6.07) is 0. The first-order valence-corrected chi connectivity index (χ1v) is 21.0. The van der Waals surface area contributed by atoms with Crippen LogP contribution in [0.5, 0.6) is 0 Å². The maximum atomic E-state index is 12.4. The van der Waals surface area contributed by atoms with Gasteiger partial charge >= 0.3 is 19.8 Å². The van der Waals surface area contributed by atoms with Crippen LogP contribution in [0.15, 0.2) is 12.2 Å². The SMILES string of the molecule is CCCCCCCC/C=C\CCCCCCCC(=O)OC(COC(=O)CCCCCCCCCCCCCCCC)COP(=O)(O)O. The average Bonchev–Trinajstić information content (AvgIpc) is 3.03. The molecule has 0 saturated heterocycles. The number of carbonyl (C=O) groups excluding carboxylic acids is 2. The highest BCUT2D eigenvalue weighted by molar-refractivity contribution is 7.46.